The van der Waals surface area contributed by atoms with Crippen LogP contribution in [0.15, 0.2) is 12.7 Å². The summed E-state index contributed by atoms with van der Waals surface area (Å²) < 4.78 is 0. The molecule has 0 N–H and O–H groups in total. The lowest BCUT2D eigenvalue weighted by Crippen LogP contribution is -1.79. The third kappa shape index (κ3) is 8.09. The topological polar surface area (TPSA) is 0 Å². The lowest BCUT2D eigenvalue weighted by molar-refractivity contribution is 0.735. The minimum atomic E-state index is 1.18. The molecule has 0 heterocycles. The molecule has 1 radical (unpaired) electrons. The number of thioether (sulfide) groups is 1. The van der Waals surface area contributed by atoms with E-state index in [0.29, 0.717) is 0 Å². The smallest absolute Gasteiger partial charge is 0.0135 e. The molecule has 0 aromatic heterocycles. The summed E-state index contributed by atoms with van der Waals surface area (Å²) in [5.41, 5.74) is 0. The highest BCUT2D eigenvalue weighted by Crippen LogP contribution is 2.09. The molecule has 0 amide bonds. The van der Waals surface area contributed by atoms with Crippen LogP contribution >= 0.6 is 11.8 Å². The Morgan fingerprint density at radius 3 is 2.70 bits per heavy atom. The van der Waals surface area contributed by atoms with Crippen molar-refractivity contribution in [3.05, 3.63) is 18.4 Å². The van der Waals surface area contributed by atoms with Gasteiger partial charge in [0, 0.05) is 5.75 Å². The van der Waals surface area contributed by atoms with E-state index in [1.807, 2.05) is 17.8 Å². The Bertz CT molecular complexity index is 69.1. The Hall–Kier alpha value is 0.0900. The minimum Gasteiger partial charge on any atom is -0.158 e. The normalized spacial score (nSPS) is 9.70. The van der Waals surface area contributed by atoms with Crippen molar-refractivity contribution in [3.8, 4) is 0 Å². The molecule has 0 spiro atoms. The quantitative estimate of drug-likeness (QED) is 0.401. The first-order valence-electron chi connectivity index (χ1n) is 3.92. The molecule has 0 aliphatic carbocycles. The number of allylic oxidation sites excluding steroid dienone is 1. The zero-order valence-corrected chi connectivity index (χ0v) is 7.62. The van der Waals surface area contributed by atoms with Gasteiger partial charge in [-0.05, 0) is 25.0 Å². The van der Waals surface area contributed by atoms with Gasteiger partial charge in [-0.25, -0.2) is 0 Å². The highest BCUT2D eigenvalue weighted by Gasteiger charge is 1.86. The molecular formula is C9H17S. The van der Waals surface area contributed by atoms with Crippen molar-refractivity contribution in [2.24, 2.45) is 0 Å². The van der Waals surface area contributed by atoms with E-state index in [9.17, 15) is 0 Å². The maximum atomic E-state index is 3.68. The zero-order chi connectivity index (χ0) is 7.66. The van der Waals surface area contributed by atoms with Gasteiger partial charge in [0.2, 0.25) is 0 Å². The van der Waals surface area contributed by atoms with E-state index in [-0.39, 0.29) is 0 Å². The molecule has 0 bridgehead atoms. The van der Waals surface area contributed by atoms with Crippen molar-refractivity contribution >= 4 is 11.8 Å². The van der Waals surface area contributed by atoms with Gasteiger partial charge in [-0.2, -0.15) is 11.8 Å². The highest BCUT2D eigenvalue weighted by molar-refractivity contribution is 8.01. The van der Waals surface area contributed by atoms with E-state index in [2.05, 4.69) is 19.3 Å². The summed E-state index contributed by atoms with van der Waals surface area (Å²) in [5, 5.41) is 0. The molecule has 1 heteroatoms. The first-order valence-corrected chi connectivity index (χ1v) is 4.97. The van der Waals surface area contributed by atoms with E-state index < -0.39 is 0 Å². The van der Waals surface area contributed by atoms with Crippen molar-refractivity contribution in [2.75, 3.05) is 5.75 Å². The largest absolute Gasteiger partial charge is 0.158 e. The molecule has 59 valence electrons. The van der Waals surface area contributed by atoms with Crippen LogP contribution < -0.4 is 0 Å². The van der Waals surface area contributed by atoms with E-state index in [1.54, 1.807) is 0 Å². The molecule has 0 aromatic rings. The van der Waals surface area contributed by atoms with Crippen molar-refractivity contribution in [1.29, 1.82) is 0 Å². The number of unbranched alkanes of at least 4 members (excludes halogenated alkanes) is 3. The maximum Gasteiger partial charge on any atom is 0.0135 e. The minimum absolute atomic E-state index is 1.18. The number of rotatable bonds is 7. The highest BCUT2D eigenvalue weighted by atomic mass is 32.2. The fourth-order valence-corrected chi connectivity index (χ4v) is 1.38. The monoisotopic (exact) mass is 157 g/mol. The first kappa shape index (κ1) is 10.1. The maximum absolute atomic E-state index is 3.68. The van der Waals surface area contributed by atoms with Crippen molar-refractivity contribution < 1.29 is 0 Å². The van der Waals surface area contributed by atoms with Crippen LogP contribution in [0, 0.1) is 5.75 Å². The van der Waals surface area contributed by atoms with Crippen molar-refractivity contribution in [2.45, 2.75) is 32.6 Å². The molecule has 0 rings (SSSR count). The summed E-state index contributed by atoms with van der Waals surface area (Å²) in [6.07, 6.45) is 7.20. The molecule has 0 saturated heterocycles. The van der Waals surface area contributed by atoms with Crippen molar-refractivity contribution in [3.63, 3.8) is 0 Å². The van der Waals surface area contributed by atoms with Crippen LogP contribution in [0.3, 0.4) is 0 Å². The standard InChI is InChI=1S/C9H17S/c1-3-5-6-7-8-9-10-4-2/h3-4H,1,5-9H2,2H3. The molecule has 0 fully saturated rings. The average Bonchev–Trinajstić information content (AvgIpc) is 1.97. The Balaban J connectivity index is 2.70. The van der Waals surface area contributed by atoms with Crippen LogP contribution in [0.5, 0.6) is 0 Å². The average molecular weight is 157 g/mol. The van der Waals surface area contributed by atoms with Crippen LogP contribution in [0.1, 0.15) is 32.6 Å². The third-order valence-electron chi connectivity index (χ3n) is 1.34. The second-order valence-electron chi connectivity index (χ2n) is 2.24. The fourth-order valence-electron chi connectivity index (χ4n) is 0.769. The predicted molar refractivity (Wildman–Crippen MR) is 51.1 cm³/mol. The Morgan fingerprint density at radius 2 is 2.10 bits per heavy atom. The SMILES string of the molecule is C=CCCCCCS[CH]C. The summed E-state index contributed by atoms with van der Waals surface area (Å²) in [4.78, 5) is 0. The molecular weight excluding hydrogens is 140 g/mol. The lowest BCUT2D eigenvalue weighted by atomic mass is 10.2. The van der Waals surface area contributed by atoms with Crippen LogP contribution in [0.2, 0.25) is 0 Å². The Morgan fingerprint density at radius 1 is 1.30 bits per heavy atom. The first-order chi connectivity index (χ1) is 4.91. The van der Waals surface area contributed by atoms with E-state index in [0.717, 1.165) is 0 Å². The molecule has 0 unspecified atom stereocenters. The van der Waals surface area contributed by atoms with Crippen molar-refractivity contribution in [1.82, 2.24) is 0 Å². The van der Waals surface area contributed by atoms with Gasteiger partial charge in [-0.3, -0.25) is 0 Å². The van der Waals surface area contributed by atoms with Gasteiger partial charge >= 0.3 is 0 Å². The molecule has 0 nitrogen and oxygen atoms in total. The Kier molecular flexibility index (Phi) is 9.17. The second-order valence-corrected chi connectivity index (χ2v) is 3.46. The lowest BCUT2D eigenvalue weighted by Gasteiger charge is -1.96. The number of hydrogen-bond acceptors (Lipinski definition) is 1. The van der Waals surface area contributed by atoms with E-state index >= 15 is 0 Å². The Labute approximate surface area is 69.1 Å². The fraction of sp³-hybridized carbons (Fsp3) is 0.667. The second kappa shape index (κ2) is 9.09. The molecule has 0 saturated carbocycles. The summed E-state index contributed by atoms with van der Waals surface area (Å²) >= 11 is 1.92. The summed E-state index contributed by atoms with van der Waals surface area (Å²) in [6.45, 7) is 5.77. The molecule has 10 heavy (non-hydrogen) atoms. The van der Waals surface area contributed by atoms with Gasteiger partial charge in [-0.1, -0.05) is 19.4 Å². The predicted octanol–water partition coefficient (Wildman–Crippen LogP) is 3.65. The summed E-state index contributed by atoms with van der Waals surface area (Å²) in [7, 11) is 0. The zero-order valence-electron chi connectivity index (χ0n) is 6.81. The molecule has 0 aromatic carbocycles. The van der Waals surface area contributed by atoms with Gasteiger partial charge in [-0.15, -0.1) is 6.58 Å². The summed E-state index contributed by atoms with van der Waals surface area (Å²) in [5.74, 6) is 3.45. The van der Waals surface area contributed by atoms with Gasteiger partial charge in [0.25, 0.3) is 0 Å². The van der Waals surface area contributed by atoms with Crippen LogP contribution in [0.4, 0.5) is 0 Å². The van der Waals surface area contributed by atoms with Gasteiger partial charge in [0.05, 0.1) is 0 Å². The number of hydrogen-bond donors (Lipinski definition) is 0. The van der Waals surface area contributed by atoms with Gasteiger partial charge in [0.1, 0.15) is 0 Å². The van der Waals surface area contributed by atoms with Gasteiger partial charge < -0.3 is 0 Å². The van der Waals surface area contributed by atoms with Crippen LogP contribution in [-0.4, -0.2) is 5.75 Å². The van der Waals surface area contributed by atoms with E-state index in [4.69, 9.17) is 0 Å². The summed E-state index contributed by atoms with van der Waals surface area (Å²) in [6, 6.07) is 0. The molecule has 0 aliphatic rings. The van der Waals surface area contributed by atoms with E-state index in [1.165, 1.54) is 31.4 Å². The van der Waals surface area contributed by atoms with Crippen LogP contribution in [0.25, 0.3) is 0 Å². The van der Waals surface area contributed by atoms with Gasteiger partial charge in [0.15, 0.2) is 0 Å². The van der Waals surface area contributed by atoms with Crippen LogP contribution in [-0.2, 0) is 0 Å². The third-order valence-corrected chi connectivity index (χ3v) is 2.19. The molecule has 0 aliphatic heterocycles. The molecule has 0 atom stereocenters.